The van der Waals surface area contributed by atoms with Crippen LogP contribution >= 0.6 is 35.9 Å². The lowest BCUT2D eigenvalue weighted by atomic mass is 9.90. The van der Waals surface area contributed by atoms with E-state index in [2.05, 4.69) is 18.1 Å². The number of phosphoric ester groups is 1. The maximum absolute atomic E-state index is 12.0. The van der Waals surface area contributed by atoms with Gasteiger partial charge in [-0.2, -0.15) is 8.62 Å². The zero-order chi connectivity index (χ0) is 23.1. The molecule has 2 rings (SSSR count). The van der Waals surface area contributed by atoms with Gasteiger partial charge in [0, 0.05) is 6.20 Å². The van der Waals surface area contributed by atoms with Crippen molar-refractivity contribution in [2.75, 3.05) is 6.61 Å². The van der Waals surface area contributed by atoms with Gasteiger partial charge >= 0.3 is 29.2 Å². The molecule has 180 valence electrons. The fraction of sp³-hybridized carbons (Fsp3) is 0.600. The molecule has 0 aromatic carbocycles. The second-order valence-electron chi connectivity index (χ2n) is 6.07. The third kappa shape index (κ3) is 7.12. The largest absolute Gasteiger partial charge is 0.490 e. The molecule has 31 heavy (non-hydrogen) atoms. The second kappa shape index (κ2) is 9.63. The molecule has 1 saturated heterocycles. The van der Waals surface area contributed by atoms with Crippen LogP contribution < -0.4 is 11.2 Å². The summed E-state index contributed by atoms with van der Waals surface area (Å²) in [6.07, 6.45) is -4.28. The summed E-state index contributed by atoms with van der Waals surface area (Å²) in [5.41, 5.74) is -4.04. The third-order valence-corrected chi connectivity index (χ3v) is 7.64. The van der Waals surface area contributed by atoms with Crippen LogP contribution in [-0.2, 0) is 37.2 Å². The number of halogens is 1. The molecule has 1 aliphatic rings. The van der Waals surface area contributed by atoms with Crippen LogP contribution in [0.15, 0.2) is 15.8 Å². The summed E-state index contributed by atoms with van der Waals surface area (Å²) < 4.78 is 50.3. The van der Waals surface area contributed by atoms with Gasteiger partial charge < -0.3 is 39.5 Å². The molecule has 6 atom stereocenters. The zero-order valence-corrected chi connectivity index (χ0v) is 18.6. The molecular weight excluding hydrogens is 516 g/mol. The highest BCUT2D eigenvalue weighted by Crippen LogP contribution is 2.66. The minimum atomic E-state index is -5.74. The molecule has 1 aromatic heterocycles. The molecule has 1 aliphatic heterocycles. The quantitative estimate of drug-likeness (QED) is 0.170. The maximum atomic E-state index is 12.0. The van der Waals surface area contributed by atoms with Crippen LogP contribution in [0.25, 0.3) is 0 Å². The minimum absolute atomic E-state index is 0. The molecular formula is C10H18ClN2O15P3. The number of phosphoric acid groups is 3. The first-order valence-corrected chi connectivity index (χ1v) is 12.1. The number of nitrogens with one attached hydrogen (secondary N) is 2. The second-order valence-corrected chi connectivity index (χ2v) is 10.5. The van der Waals surface area contributed by atoms with Crippen molar-refractivity contribution >= 4 is 35.9 Å². The Morgan fingerprint density at radius 2 is 1.68 bits per heavy atom. The lowest BCUT2D eigenvalue weighted by Gasteiger charge is -2.26. The van der Waals surface area contributed by atoms with Gasteiger partial charge in [0.1, 0.15) is 23.9 Å². The summed E-state index contributed by atoms with van der Waals surface area (Å²) in [6, 6.07) is 0. The molecule has 1 aromatic rings. The lowest BCUT2D eigenvalue weighted by molar-refractivity contribution is -0.0859. The van der Waals surface area contributed by atoms with Gasteiger partial charge in [0.05, 0.1) is 12.2 Å². The van der Waals surface area contributed by atoms with Crippen LogP contribution in [0.2, 0.25) is 0 Å². The van der Waals surface area contributed by atoms with Gasteiger partial charge in [0.25, 0.3) is 5.56 Å². The topological polar surface area (TPSA) is 275 Å². The predicted octanol–water partition coefficient (Wildman–Crippen LogP) is -1.84. The fourth-order valence-electron chi connectivity index (χ4n) is 2.59. The van der Waals surface area contributed by atoms with Gasteiger partial charge in [-0.1, -0.05) is 0 Å². The molecule has 0 aliphatic carbocycles. The van der Waals surface area contributed by atoms with Crippen LogP contribution in [0.5, 0.6) is 0 Å². The van der Waals surface area contributed by atoms with E-state index in [1.165, 1.54) is 0 Å². The highest BCUT2D eigenvalue weighted by molar-refractivity contribution is 7.66. The standard InChI is InChI=1S/C10H17N2O15P3.ClH/c1-10(4-2-11-9(16)12-8(4)15)7(14)6(13)5(25-10)3-24-29(20,21)27-30(22,23)26-28(17,18)19;/h2,5-7,13-14H,3H2,1H3,(H,20,21)(H,22,23)(H2,17,18,19)(H2,11,12,15,16);1H/t5-,6-,7-,10+;/m1./s1. The van der Waals surface area contributed by atoms with Crippen molar-refractivity contribution in [3.05, 3.63) is 32.6 Å². The van der Waals surface area contributed by atoms with Crippen LogP contribution in [0.1, 0.15) is 12.5 Å². The molecule has 17 nitrogen and oxygen atoms in total. The Morgan fingerprint density at radius 3 is 2.19 bits per heavy atom. The van der Waals surface area contributed by atoms with E-state index in [0.717, 1.165) is 13.1 Å². The van der Waals surface area contributed by atoms with Crippen LogP contribution in [0.4, 0.5) is 0 Å². The number of aliphatic hydroxyl groups is 2. The van der Waals surface area contributed by atoms with Gasteiger partial charge in [-0.25, -0.2) is 18.5 Å². The summed E-state index contributed by atoms with van der Waals surface area (Å²) in [4.78, 5) is 62.5. The SMILES string of the molecule is C[C@@]1(c2c[nH]c(=O)[nH]c2=O)O[C@H](COP(=O)(O)OP(=O)(O)OP(=O)(O)O)[C@@H](O)[C@H]1O.Cl. The molecule has 0 bridgehead atoms. The first kappa shape index (κ1) is 28.3. The Hall–Kier alpha value is -0.740. The average molecular weight is 535 g/mol. The maximum Gasteiger partial charge on any atom is 0.490 e. The number of H-pyrrole nitrogens is 2. The van der Waals surface area contributed by atoms with Crippen molar-refractivity contribution in [1.29, 1.82) is 0 Å². The molecule has 0 radical (unpaired) electrons. The first-order chi connectivity index (χ1) is 13.5. The highest BCUT2D eigenvalue weighted by Gasteiger charge is 2.54. The van der Waals surface area contributed by atoms with Gasteiger partial charge in [-0.05, 0) is 6.92 Å². The third-order valence-electron chi connectivity index (χ3n) is 3.84. The highest BCUT2D eigenvalue weighted by atomic mass is 35.5. The van der Waals surface area contributed by atoms with Crippen molar-refractivity contribution < 1.29 is 61.4 Å². The molecule has 21 heteroatoms. The van der Waals surface area contributed by atoms with Crippen LogP contribution in [0.3, 0.4) is 0 Å². The first-order valence-electron chi connectivity index (χ1n) is 7.60. The Kier molecular flexibility index (Phi) is 8.79. The van der Waals surface area contributed by atoms with Gasteiger partial charge in [0.2, 0.25) is 0 Å². The molecule has 0 amide bonds. The number of hydrogen-bond acceptors (Lipinski definition) is 11. The predicted molar refractivity (Wildman–Crippen MR) is 99.0 cm³/mol. The average Bonchev–Trinajstić information content (AvgIpc) is 2.74. The summed E-state index contributed by atoms with van der Waals surface area (Å²) >= 11 is 0. The number of aromatic nitrogens is 2. The smallest absolute Gasteiger partial charge is 0.387 e. The van der Waals surface area contributed by atoms with E-state index >= 15 is 0 Å². The Balaban J connectivity index is 0.00000480. The van der Waals surface area contributed by atoms with E-state index in [1.807, 2.05) is 4.98 Å². The number of ether oxygens (including phenoxy) is 1. The van der Waals surface area contributed by atoms with Crippen LogP contribution in [-0.4, -0.2) is 64.7 Å². The summed E-state index contributed by atoms with van der Waals surface area (Å²) in [5.74, 6) is 0. The van der Waals surface area contributed by atoms with E-state index in [9.17, 15) is 38.4 Å². The molecule has 1 fully saturated rings. The number of rotatable bonds is 8. The molecule has 2 heterocycles. The minimum Gasteiger partial charge on any atom is -0.387 e. The summed E-state index contributed by atoms with van der Waals surface area (Å²) in [6.45, 7) is 0.105. The number of aromatic amines is 2. The van der Waals surface area contributed by atoms with E-state index in [4.69, 9.17) is 19.4 Å². The van der Waals surface area contributed by atoms with Crippen molar-refractivity contribution in [3.8, 4) is 0 Å². The Labute approximate surface area is 177 Å². The Bertz CT molecular complexity index is 1050. The van der Waals surface area contributed by atoms with Gasteiger partial charge in [-0.15, -0.1) is 12.4 Å². The van der Waals surface area contributed by atoms with Crippen molar-refractivity contribution in [1.82, 2.24) is 9.97 Å². The summed E-state index contributed by atoms with van der Waals surface area (Å²) in [7, 11) is -16.8. The zero-order valence-electron chi connectivity index (χ0n) is 15.1. The van der Waals surface area contributed by atoms with E-state index in [1.54, 1.807) is 0 Å². The molecule has 0 spiro atoms. The number of hydrogen-bond donors (Lipinski definition) is 8. The van der Waals surface area contributed by atoms with E-state index < -0.39 is 65.2 Å². The normalized spacial score (nSPS) is 30.2. The van der Waals surface area contributed by atoms with Crippen molar-refractivity contribution in [3.63, 3.8) is 0 Å². The monoisotopic (exact) mass is 534 g/mol. The van der Waals surface area contributed by atoms with Crippen molar-refractivity contribution in [2.24, 2.45) is 0 Å². The van der Waals surface area contributed by atoms with E-state index in [-0.39, 0.29) is 18.0 Å². The fourth-order valence-corrected chi connectivity index (χ4v) is 5.62. The number of aliphatic hydroxyl groups excluding tert-OH is 2. The van der Waals surface area contributed by atoms with Crippen molar-refractivity contribution in [2.45, 2.75) is 30.8 Å². The lowest BCUT2D eigenvalue weighted by Crippen LogP contribution is -2.43. The summed E-state index contributed by atoms with van der Waals surface area (Å²) in [5, 5.41) is 20.3. The Morgan fingerprint density at radius 1 is 1.10 bits per heavy atom. The van der Waals surface area contributed by atoms with Gasteiger partial charge in [0.15, 0.2) is 0 Å². The molecule has 8 N–H and O–H groups in total. The van der Waals surface area contributed by atoms with Crippen LogP contribution in [0, 0.1) is 0 Å². The van der Waals surface area contributed by atoms with Gasteiger partial charge in [-0.3, -0.25) is 14.3 Å². The molecule has 0 saturated carbocycles. The van der Waals surface area contributed by atoms with E-state index in [0.29, 0.717) is 0 Å². The molecule has 2 unspecified atom stereocenters.